The smallest absolute Gasteiger partial charge is 0.403 e. The quantitative estimate of drug-likeness (QED) is 0.671. The Kier molecular flexibility index (Phi) is 3.89. The summed E-state index contributed by atoms with van der Waals surface area (Å²) in [6.07, 6.45) is 5.79. The standard InChI is InChI=1S/C14H25BO3/c1-13(2)14(3,4)18-15(17-13)11-8-6-5-7-9-12(16)10-11/h11H,5-10H2,1-4H3. The molecule has 1 saturated heterocycles. The molecule has 1 unspecified atom stereocenters. The molecular formula is C14H25BO3. The summed E-state index contributed by atoms with van der Waals surface area (Å²) in [6.45, 7) is 8.27. The third kappa shape index (κ3) is 2.80. The molecule has 1 heterocycles. The molecule has 1 saturated carbocycles. The van der Waals surface area contributed by atoms with Gasteiger partial charge in [0.25, 0.3) is 0 Å². The lowest BCUT2D eigenvalue weighted by Crippen LogP contribution is -2.41. The summed E-state index contributed by atoms with van der Waals surface area (Å²) in [5, 5.41) is 0. The van der Waals surface area contributed by atoms with Crippen molar-refractivity contribution in [3.63, 3.8) is 0 Å². The van der Waals surface area contributed by atoms with Crippen LogP contribution < -0.4 is 0 Å². The van der Waals surface area contributed by atoms with Gasteiger partial charge in [0.05, 0.1) is 11.2 Å². The molecular weight excluding hydrogens is 227 g/mol. The molecule has 0 radical (unpaired) electrons. The van der Waals surface area contributed by atoms with E-state index in [1.807, 2.05) is 0 Å². The van der Waals surface area contributed by atoms with Crippen LogP contribution in [0.4, 0.5) is 0 Å². The van der Waals surface area contributed by atoms with E-state index in [4.69, 9.17) is 9.31 Å². The van der Waals surface area contributed by atoms with Crippen LogP contribution >= 0.6 is 0 Å². The average Bonchev–Trinajstić information content (AvgIpc) is 2.42. The third-order valence-corrected chi connectivity index (χ3v) is 4.68. The number of ketones is 1. The first kappa shape index (κ1) is 14.1. The monoisotopic (exact) mass is 252 g/mol. The van der Waals surface area contributed by atoms with Crippen molar-refractivity contribution in [3.05, 3.63) is 0 Å². The number of hydrogen-bond acceptors (Lipinski definition) is 3. The van der Waals surface area contributed by atoms with Gasteiger partial charge < -0.3 is 9.31 Å². The van der Waals surface area contributed by atoms with E-state index in [0.29, 0.717) is 12.2 Å². The van der Waals surface area contributed by atoms with Gasteiger partial charge in [-0.1, -0.05) is 19.3 Å². The Morgan fingerprint density at radius 1 is 1.06 bits per heavy atom. The first-order valence-corrected chi connectivity index (χ1v) is 7.19. The SMILES string of the molecule is CC1(C)OB(C2CCCCCC(=O)C2)OC1(C)C. The molecule has 0 aromatic carbocycles. The Balaban J connectivity index is 2.05. The maximum Gasteiger partial charge on any atom is 0.461 e. The van der Waals surface area contributed by atoms with E-state index in [1.165, 1.54) is 6.42 Å². The summed E-state index contributed by atoms with van der Waals surface area (Å²) >= 11 is 0. The molecule has 2 rings (SSSR count). The molecule has 1 atom stereocenters. The van der Waals surface area contributed by atoms with E-state index in [0.717, 1.165) is 25.7 Å². The second kappa shape index (κ2) is 4.97. The van der Waals surface area contributed by atoms with Crippen LogP contribution in [0, 0.1) is 0 Å². The molecule has 1 aliphatic carbocycles. The van der Waals surface area contributed by atoms with Gasteiger partial charge in [0.1, 0.15) is 5.78 Å². The van der Waals surface area contributed by atoms with Gasteiger partial charge >= 0.3 is 7.12 Å². The summed E-state index contributed by atoms with van der Waals surface area (Å²) in [4.78, 5) is 11.8. The van der Waals surface area contributed by atoms with Crippen molar-refractivity contribution in [2.45, 2.75) is 83.2 Å². The maximum absolute atomic E-state index is 11.8. The number of Topliss-reactive ketones (excluding diaryl/α,β-unsaturated/α-hetero) is 1. The van der Waals surface area contributed by atoms with E-state index in [1.54, 1.807) is 0 Å². The van der Waals surface area contributed by atoms with Crippen LogP contribution in [0.25, 0.3) is 0 Å². The topological polar surface area (TPSA) is 35.5 Å². The van der Waals surface area contributed by atoms with Gasteiger partial charge in [0, 0.05) is 18.7 Å². The summed E-state index contributed by atoms with van der Waals surface area (Å²) in [5.41, 5.74) is -0.577. The Morgan fingerprint density at radius 2 is 1.67 bits per heavy atom. The molecule has 3 nitrogen and oxygen atoms in total. The predicted octanol–water partition coefficient (Wildman–Crippen LogP) is 3.37. The number of rotatable bonds is 1. The lowest BCUT2D eigenvalue weighted by atomic mass is 9.65. The fraction of sp³-hybridized carbons (Fsp3) is 0.929. The van der Waals surface area contributed by atoms with Crippen molar-refractivity contribution in [3.8, 4) is 0 Å². The molecule has 0 aromatic heterocycles. The minimum Gasteiger partial charge on any atom is -0.403 e. The molecule has 0 spiro atoms. The summed E-state index contributed by atoms with van der Waals surface area (Å²) in [6, 6.07) is 0. The Morgan fingerprint density at radius 3 is 2.28 bits per heavy atom. The Labute approximate surface area is 111 Å². The van der Waals surface area contributed by atoms with Crippen molar-refractivity contribution >= 4 is 12.9 Å². The van der Waals surface area contributed by atoms with E-state index in [9.17, 15) is 4.79 Å². The van der Waals surface area contributed by atoms with E-state index >= 15 is 0 Å². The van der Waals surface area contributed by atoms with Crippen molar-refractivity contribution < 1.29 is 14.1 Å². The van der Waals surface area contributed by atoms with Gasteiger partial charge in [-0.3, -0.25) is 4.79 Å². The van der Waals surface area contributed by atoms with Crippen LogP contribution in [0.2, 0.25) is 5.82 Å². The lowest BCUT2D eigenvalue weighted by molar-refractivity contribution is -0.119. The highest BCUT2D eigenvalue weighted by molar-refractivity contribution is 6.48. The molecule has 0 amide bonds. The zero-order valence-electron chi connectivity index (χ0n) is 12.1. The average molecular weight is 252 g/mol. The van der Waals surface area contributed by atoms with Crippen LogP contribution in [-0.4, -0.2) is 24.1 Å². The van der Waals surface area contributed by atoms with Gasteiger partial charge in [-0.25, -0.2) is 0 Å². The van der Waals surface area contributed by atoms with E-state index < -0.39 is 0 Å². The van der Waals surface area contributed by atoms with Crippen molar-refractivity contribution in [2.75, 3.05) is 0 Å². The minimum absolute atomic E-state index is 0.211. The van der Waals surface area contributed by atoms with Crippen LogP contribution in [-0.2, 0) is 14.1 Å². The highest BCUT2D eigenvalue weighted by Crippen LogP contribution is 2.42. The zero-order chi connectivity index (χ0) is 13.4. The van der Waals surface area contributed by atoms with Crippen LogP contribution in [0.3, 0.4) is 0 Å². The summed E-state index contributed by atoms with van der Waals surface area (Å²) in [5.74, 6) is 0.605. The number of carbonyl (C=O) groups excluding carboxylic acids is 1. The molecule has 0 N–H and O–H groups in total. The first-order chi connectivity index (χ1) is 8.32. The van der Waals surface area contributed by atoms with Crippen LogP contribution in [0.5, 0.6) is 0 Å². The van der Waals surface area contributed by atoms with Gasteiger partial charge in [-0.15, -0.1) is 0 Å². The van der Waals surface area contributed by atoms with Crippen molar-refractivity contribution in [1.29, 1.82) is 0 Å². The van der Waals surface area contributed by atoms with Gasteiger partial charge in [0.2, 0.25) is 0 Å². The number of carbonyl (C=O) groups is 1. The second-order valence-electron chi connectivity index (χ2n) is 6.73. The maximum atomic E-state index is 11.8. The molecule has 4 heteroatoms. The normalized spacial score (nSPS) is 32.1. The van der Waals surface area contributed by atoms with Crippen molar-refractivity contribution in [1.82, 2.24) is 0 Å². The predicted molar refractivity (Wildman–Crippen MR) is 72.5 cm³/mol. The van der Waals surface area contributed by atoms with Crippen molar-refractivity contribution in [2.24, 2.45) is 0 Å². The minimum atomic E-state index is -0.289. The van der Waals surface area contributed by atoms with E-state index in [2.05, 4.69) is 27.7 Å². The van der Waals surface area contributed by atoms with Crippen LogP contribution in [0.1, 0.15) is 66.2 Å². The Bertz CT molecular complexity index is 309. The third-order valence-electron chi connectivity index (χ3n) is 4.68. The molecule has 0 aromatic rings. The summed E-state index contributed by atoms with van der Waals surface area (Å²) in [7, 11) is -0.211. The highest BCUT2D eigenvalue weighted by Gasteiger charge is 2.53. The molecule has 18 heavy (non-hydrogen) atoms. The molecule has 102 valence electrons. The van der Waals surface area contributed by atoms with Crippen LogP contribution in [0.15, 0.2) is 0 Å². The van der Waals surface area contributed by atoms with Gasteiger partial charge in [-0.2, -0.15) is 0 Å². The Hall–Kier alpha value is -0.345. The fourth-order valence-electron chi connectivity index (χ4n) is 2.72. The molecule has 1 aliphatic heterocycles. The second-order valence-corrected chi connectivity index (χ2v) is 6.73. The zero-order valence-corrected chi connectivity index (χ0v) is 12.1. The lowest BCUT2D eigenvalue weighted by Gasteiger charge is -2.32. The highest BCUT2D eigenvalue weighted by atomic mass is 16.7. The van der Waals surface area contributed by atoms with E-state index in [-0.39, 0.29) is 24.1 Å². The fourth-order valence-corrected chi connectivity index (χ4v) is 2.72. The molecule has 2 fully saturated rings. The summed E-state index contributed by atoms with van der Waals surface area (Å²) < 4.78 is 12.1. The molecule has 2 aliphatic rings. The first-order valence-electron chi connectivity index (χ1n) is 7.19. The number of hydrogen-bond donors (Lipinski definition) is 0. The largest absolute Gasteiger partial charge is 0.461 e. The molecule has 0 bridgehead atoms. The van der Waals surface area contributed by atoms with Gasteiger partial charge in [-0.05, 0) is 34.1 Å². The van der Waals surface area contributed by atoms with Gasteiger partial charge in [0.15, 0.2) is 0 Å².